The fraction of sp³-hybridized carbons (Fsp3) is 0.611. The fourth-order valence-corrected chi connectivity index (χ4v) is 5.99. The van der Waals surface area contributed by atoms with Gasteiger partial charge in [0.25, 0.3) is 5.56 Å². The second-order valence-electron chi connectivity index (χ2n) is 7.33. The Morgan fingerprint density at radius 2 is 2.36 bits per heavy atom. The minimum absolute atomic E-state index is 0.0591. The number of nitrogens with zero attached hydrogens (tertiary/aromatic N) is 2. The van der Waals surface area contributed by atoms with Crippen molar-refractivity contribution in [1.82, 2.24) is 14.7 Å². The van der Waals surface area contributed by atoms with Crippen LogP contribution in [-0.4, -0.2) is 27.1 Å². The van der Waals surface area contributed by atoms with E-state index in [4.69, 9.17) is 0 Å². The van der Waals surface area contributed by atoms with E-state index < -0.39 is 0 Å². The highest BCUT2D eigenvalue weighted by atomic mass is 32.2. The van der Waals surface area contributed by atoms with Crippen LogP contribution in [0.4, 0.5) is 0 Å². The lowest BCUT2D eigenvalue weighted by Crippen LogP contribution is -2.40. The monoisotopic (exact) mass is 377 g/mol. The van der Waals surface area contributed by atoms with Gasteiger partial charge in [0.2, 0.25) is 5.91 Å². The summed E-state index contributed by atoms with van der Waals surface area (Å²) in [6, 6.07) is 1.83. The van der Waals surface area contributed by atoms with Crippen molar-refractivity contribution in [3.8, 4) is 0 Å². The number of aromatic nitrogens is 2. The smallest absolute Gasteiger partial charge is 0.258 e. The molecule has 0 radical (unpaired) electrons. The molecule has 2 aliphatic rings. The molecule has 4 atom stereocenters. The lowest BCUT2D eigenvalue weighted by atomic mass is 9.84. The number of nitrogens with one attached hydrogen (secondary N) is 1. The number of carbonyl (C=O) groups is 1. The summed E-state index contributed by atoms with van der Waals surface area (Å²) in [6.07, 6.45) is 7.12. The SMILES string of the molecule is CC(NC(=O)CSCc1cc(=O)n2ccsc2n1)C1CC2CCC1C2. The second kappa shape index (κ2) is 7.11. The van der Waals surface area contributed by atoms with E-state index in [9.17, 15) is 9.59 Å². The molecular formula is C18H23N3O2S2. The Morgan fingerprint density at radius 3 is 3.12 bits per heavy atom. The summed E-state index contributed by atoms with van der Waals surface area (Å²) in [6.45, 7) is 2.15. The van der Waals surface area contributed by atoms with Crippen molar-refractivity contribution < 1.29 is 4.79 Å². The molecule has 2 aromatic rings. The number of amides is 1. The molecule has 0 aliphatic heterocycles. The van der Waals surface area contributed by atoms with Crippen LogP contribution in [0, 0.1) is 17.8 Å². The average molecular weight is 378 g/mol. The van der Waals surface area contributed by atoms with E-state index in [0.29, 0.717) is 22.4 Å². The number of carbonyl (C=O) groups excluding carboxylic acids is 1. The molecule has 134 valence electrons. The summed E-state index contributed by atoms with van der Waals surface area (Å²) >= 11 is 2.96. The molecule has 4 unspecified atom stereocenters. The number of hydrogen-bond acceptors (Lipinski definition) is 5. The standard InChI is InChI=1S/C18H23N3O2S2/c1-11(15-7-12-2-3-13(15)6-12)19-16(22)10-24-9-14-8-17(23)21-4-5-25-18(21)20-14/h4-5,8,11-13,15H,2-3,6-7,9-10H2,1H3,(H,19,22). The first-order chi connectivity index (χ1) is 12.1. The second-order valence-corrected chi connectivity index (χ2v) is 9.19. The Kier molecular flexibility index (Phi) is 4.86. The summed E-state index contributed by atoms with van der Waals surface area (Å²) in [5, 5.41) is 5.04. The largest absolute Gasteiger partial charge is 0.353 e. The van der Waals surface area contributed by atoms with Crippen LogP contribution >= 0.6 is 23.1 Å². The first-order valence-corrected chi connectivity index (χ1v) is 11.0. The lowest BCUT2D eigenvalue weighted by molar-refractivity contribution is -0.119. The van der Waals surface area contributed by atoms with Crippen LogP contribution in [0.5, 0.6) is 0 Å². The summed E-state index contributed by atoms with van der Waals surface area (Å²) < 4.78 is 1.54. The Labute approximate surface area is 155 Å². The molecule has 0 saturated heterocycles. The molecule has 0 aromatic carbocycles. The van der Waals surface area contributed by atoms with Gasteiger partial charge in [0, 0.05) is 29.4 Å². The molecule has 2 bridgehead atoms. The molecule has 7 heteroatoms. The fourth-order valence-electron chi connectivity index (χ4n) is 4.52. The van der Waals surface area contributed by atoms with Crippen LogP contribution in [0.15, 0.2) is 22.4 Å². The summed E-state index contributed by atoms with van der Waals surface area (Å²) in [4.78, 5) is 29.4. The molecule has 0 spiro atoms. The highest BCUT2D eigenvalue weighted by Gasteiger charge is 2.42. The zero-order valence-electron chi connectivity index (χ0n) is 14.3. The molecular weight excluding hydrogens is 354 g/mol. The molecule has 2 heterocycles. The lowest BCUT2D eigenvalue weighted by Gasteiger charge is -2.28. The van der Waals surface area contributed by atoms with Crippen LogP contribution in [-0.2, 0) is 10.5 Å². The van der Waals surface area contributed by atoms with Gasteiger partial charge in [-0.2, -0.15) is 0 Å². The summed E-state index contributed by atoms with van der Waals surface area (Å²) in [7, 11) is 0. The van der Waals surface area contributed by atoms with E-state index in [0.717, 1.165) is 17.5 Å². The zero-order chi connectivity index (χ0) is 17.4. The van der Waals surface area contributed by atoms with E-state index in [1.54, 1.807) is 16.7 Å². The van der Waals surface area contributed by atoms with E-state index in [1.165, 1.54) is 48.8 Å². The first-order valence-electron chi connectivity index (χ1n) is 8.93. The van der Waals surface area contributed by atoms with E-state index in [1.807, 2.05) is 5.38 Å². The van der Waals surface area contributed by atoms with Crippen molar-refractivity contribution in [1.29, 1.82) is 0 Å². The Balaban J connectivity index is 1.26. The quantitative estimate of drug-likeness (QED) is 0.841. The number of thiazole rings is 1. The number of fused-ring (bicyclic) bond motifs is 3. The van der Waals surface area contributed by atoms with Gasteiger partial charge in [-0.3, -0.25) is 14.0 Å². The van der Waals surface area contributed by atoms with Crippen molar-refractivity contribution in [2.24, 2.45) is 17.8 Å². The highest BCUT2D eigenvalue weighted by Crippen LogP contribution is 2.49. The maximum atomic E-state index is 12.2. The third-order valence-electron chi connectivity index (χ3n) is 5.66. The number of hydrogen-bond donors (Lipinski definition) is 1. The van der Waals surface area contributed by atoms with Crippen LogP contribution in [0.2, 0.25) is 0 Å². The van der Waals surface area contributed by atoms with E-state index in [2.05, 4.69) is 17.2 Å². The van der Waals surface area contributed by atoms with Gasteiger partial charge in [0.1, 0.15) is 0 Å². The van der Waals surface area contributed by atoms with E-state index in [-0.39, 0.29) is 17.5 Å². The van der Waals surface area contributed by atoms with Crippen LogP contribution < -0.4 is 10.9 Å². The molecule has 1 N–H and O–H groups in total. The van der Waals surface area contributed by atoms with Crippen molar-refractivity contribution >= 4 is 34.0 Å². The van der Waals surface area contributed by atoms with Gasteiger partial charge in [0.05, 0.1) is 11.4 Å². The van der Waals surface area contributed by atoms with Crippen molar-refractivity contribution in [3.63, 3.8) is 0 Å². The topological polar surface area (TPSA) is 63.5 Å². The molecule has 2 saturated carbocycles. The molecule has 4 rings (SSSR count). The Bertz CT molecular complexity index is 831. The maximum Gasteiger partial charge on any atom is 0.258 e. The van der Waals surface area contributed by atoms with Gasteiger partial charge in [-0.05, 0) is 43.9 Å². The summed E-state index contributed by atoms with van der Waals surface area (Å²) in [5.41, 5.74) is 0.683. The predicted molar refractivity (Wildman–Crippen MR) is 102 cm³/mol. The minimum atomic E-state index is -0.0591. The molecule has 2 fully saturated rings. The normalized spacial score (nSPS) is 26.2. The molecule has 1 amide bonds. The Hall–Kier alpha value is -1.34. The van der Waals surface area contributed by atoms with Crippen LogP contribution in [0.3, 0.4) is 0 Å². The van der Waals surface area contributed by atoms with Gasteiger partial charge >= 0.3 is 0 Å². The number of rotatable bonds is 6. The van der Waals surface area contributed by atoms with E-state index >= 15 is 0 Å². The van der Waals surface area contributed by atoms with Crippen molar-refractivity contribution in [2.75, 3.05) is 5.75 Å². The van der Waals surface area contributed by atoms with Gasteiger partial charge in [-0.15, -0.1) is 23.1 Å². The third kappa shape index (κ3) is 3.62. The highest BCUT2D eigenvalue weighted by molar-refractivity contribution is 7.99. The van der Waals surface area contributed by atoms with Gasteiger partial charge in [-0.25, -0.2) is 4.98 Å². The van der Waals surface area contributed by atoms with Crippen LogP contribution in [0.25, 0.3) is 4.96 Å². The maximum absolute atomic E-state index is 12.2. The van der Waals surface area contributed by atoms with Crippen LogP contribution in [0.1, 0.15) is 38.3 Å². The van der Waals surface area contributed by atoms with Gasteiger partial charge < -0.3 is 5.32 Å². The number of thioether (sulfide) groups is 1. The summed E-state index contributed by atoms with van der Waals surface area (Å²) in [5.74, 6) is 3.48. The molecule has 25 heavy (non-hydrogen) atoms. The molecule has 2 aromatic heterocycles. The molecule has 5 nitrogen and oxygen atoms in total. The van der Waals surface area contributed by atoms with Crippen molar-refractivity contribution in [2.45, 2.75) is 44.4 Å². The third-order valence-corrected chi connectivity index (χ3v) is 7.39. The first kappa shape index (κ1) is 17.1. The predicted octanol–water partition coefficient (Wildman–Crippen LogP) is 2.93. The Morgan fingerprint density at radius 1 is 1.48 bits per heavy atom. The van der Waals surface area contributed by atoms with Crippen molar-refractivity contribution in [3.05, 3.63) is 33.7 Å². The minimum Gasteiger partial charge on any atom is -0.353 e. The average Bonchev–Trinajstić information content (AvgIpc) is 3.31. The zero-order valence-corrected chi connectivity index (χ0v) is 15.9. The van der Waals surface area contributed by atoms with Gasteiger partial charge in [-0.1, -0.05) is 6.42 Å². The van der Waals surface area contributed by atoms with Gasteiger partial charge in [0.15, 0.2) is 4.96 Å². The molecule has 2 aliphatic carbocycles.